The van der Waals surface area contributed by atoms with Crippen molar-refractivity contribution in [2.75, 3.05) is 0 Å². The summed E-state index contributed by atoms with van der Waals surface area (Å²) in [6, 6.07) is 31.8. The van der Waals surface area contributed by atoms with Crippen molar-refractivity contribution in [1.29, 1.82) is 0 Å². The molecule has 0 aromatic heterocycles. The third-order valence-electron chi connectivity index (χ3n) is 3.71. The molecule has 0 aliphatic carbocycles. The monoisotopic (exact) mass is 304 g/mol. The highest BCUT2D eigenvalue weighted by Crippen LogP contribution is 2.31. The van der Waals surface area contributed by atoms with E-state index >= 15 is 0 Å². The highest BCUT2D eigenvalue weighted by Gasteiger charge is 2.09. The van der Waals surface area contributed by atoms with Crippen LogP contribution in [-0.2, 0) is 0 Å². The van der Waals surface area contributed by atoms with Gasteiger partial charge in [0.1, 0.15) is 0 Å². The van der Waals surface area contributed by atoms with Gasteiger partial charge in [-0.3, -0.25) is 0 Å². The van der Waals surface area contributed by atoms with Gasteiger partial charge in [0.15, 0.2) is 0 Å². The van der Waals surface area contributed by atoms with Crippen molar-refractivity contribution in [3.8, 4) is 0 Å². The van der Waals surface area contributed by atoms with E-state index in [0.29, 0.717) is 0 Å². The highest BCUT2D eigenvalue weighted by atomic mass is 31.0. The molecule has 0 aliphatic rings. The predicted molar refractivity (Wildman–Crippen MR) is 102 cm³/mol. The third-order valence-corrected chi connectivity index (χ3v) is 3.71. The minimum Gasteiger partial charge on any atom is -0.153 e. The second kappa shape index (κ2) is 7.73. The molecule has 0 saturated heterocycles. The number of rotatable bonds is 3. The van der Waals surface area contributed by atoms with Crippen LogP contribution in [-0.4, -0.2) is 0 Å². The lowest BCUT2D eigenvalue weighted by Gasteiger charge is -2.14. The molecule has 0 N–H and O–H groups in total. The Morgan fingerprint density at radius 1 is 0.500 bits per heavy atom. The zero-order valence-corrected chi connectivity index (χ0v) is 14.3. The van der Waals surface area contributed by atoms with E-state index in [1.807, 2.05) is 0 Å². The summed E-state index contributed by atoms with van der Waals surface area (Å²) >= 11 is 0. The van der Waals surface area contributed by atoms with Crippen LogP contribution in [0.3, 0.4) is 0 Å². The molecule has 0 amide bonds. The summed E-state index contributed by atoms with van der Waals surface area (Å²) in [5.41, 5.74) is 6.37. The quantitative estimate of drug-likeness (QED) is 0.428. The van der Waals surface area contributed by atoms with Gasteiger partial charge in [0.05, 0.1) is 0 Å². The number of benzene rings is 3. The second-order valence-electron chi connectivity index (χ2n) is 5.10. The molecule has 22 heavy (non-hydrogen) atoms. The maximum Gasteiger partial charge on any atom is -0.00762 e. The van der Waals surface area contributed by atoms with E-state index in [0.717, 1.165) is 0 Å². The lowest BCUT2D eigenvalue weighted by atomic mass is 9.90. The summed E-state index contributed by atoms with van der Waals surface area (Å²) in [6.07, 6.45) is 0. The van der Waals surface area contributed by atoms with Gasteiger partial charge in [0, 0.05) is 0 Å². The fourth-order valence-electron chi connectivity index (χ4n) is 2.64. The molecular formula is C21H21P. The molecule has 3 rings (SSSR count). The maximum atomic E-state index is 2.20. The Bertz CT molecular complexity index is 687. The number of hydrogen-bond acceptors (Lipinski definition) is 0. The van der Waals surface area contributed by atoms with Crippen LogP contribution in [0.5, 0.6) is 0 Å². The molecule has 0 heterocycles. The smallest absolute Gasteiger partial charge is 0.00762 e. The van der Waals surface area contributed by atoms with Gasteiger partial charge in [-0.05, 0) is 34.8 Å². The Hall–Kier alpha value is -2.17. The van der Waals surface area contributed by atoms with Crippen molar-refractivity contribution in [1.82, 2.24) is 0 Å². The Kier molecular flexibility index (Phi) is 5.69. The van der Waals surface area contributed by atoms with Gasteiger partial charge in [-0.15, -0.1) is 0 Å². The predicted octanol–water partition coefficient (Wildman–Crippen LogP) is 5.72. The Labute approximate surface area is 136 Å². The summed E-state index contributed by atoms with van der Waals surface area (Å²) in [6.45, 7) is 2.20. The minimum absolute atomic E-state index is 0. The molecule has 0 nitrogen and oxygen atoms in total. The van der Waals surface area contributed by atoms with Crippen LogP contribution in [0.2, 0.25) is 0 Å². The van der Waals surface area contributed by atoms with Crippen LogP contribution in [0.4, 0.5) is 0 Å². The second-order valence-corrected chi connectivity index (χ2v) is 5.10. The topological polar surface area (TPSA) is 0 Å². The van der Waals surface area contributed by atoms with Crippen molar-refractivity contribution >= 4 is 21.0 Å². The van der Waals surface area contributed by atoms with Gasteiger partial charge in [0.25, 0.3) is 0 Å². The van der Waals surface area contributed by atoms with E-state index in [4.69, 9.17) is 0 Å². The first-order valence-corrected chi connectivity index (χ1v) is 7.23. The van der Waals surface area contributed by atoms with Crippen LogP contribution in [0.15, 0.2) is 91.0 Å². The molecule has 0 bridgehead atoms. The lowest BCUT2D eigenvalue weighted by molar-refractivity contribution is 1.51. The number of allylic oxidation sites excluding steroid dienone is 1. The van der Waals surface area contributed by atoms with Crippen molar-refractivity contribution < 1.29 is 0 Å². The van der Waals surface area contributed by atoms with Gasteiger partial charge in [-0.1, -0.05) is 91.0 Å². The van der Waals surface area contributed by atoms with Crippen molar-refractivity contribution in [2.45, 2.75) is 6.92 Å². The highest BCUT2D eigenvalue weighted by molar-refractivity contribution is 6.92. The molecule has 3 aromatic rings. The summed E-state index contributed by atoms with van der Waals surface area (Å²) in [5.74, 6) is 0. The van der Waals surface area contributed by atoms with E-state index in [-0.39, 0.29) is 9.90 Å². The average Bonchev–Trinajstić information content (AvgIpc) is 2.58. The molecule has 0 radical (unpaired) electrons. The lowest BCUT2D eigenvalue weighted by Crippen LogP contribution is -1.92. The molecular weight excluding hydrogens is 283 g/mol. The molecule has 0 fully saturated rings. The fourth-order valence-corrected chi connectivity index (χ4v) is 2.64. The summed E-state index contributed by atoms with van der Waals surface area (Å²) in [5, 5.41) is 0. The van der Waals surface area contributed by atoms with Gasteiger partial charge in [0.2, 0.25) is 0 Å². The first-order valence-electron chi connectivity index (χ1n) is 7.23. The Morgan fingerprint density at radius 3 is 1.18 bits per heavy atom. The molecule has 3 aromatic carbocycles. The van der Waals surface area contributed by atoms with E-state index in [9.17, 15) is 0 Å². The SMILES string of the molecule is CC(=C(c1ccccc1)c1ccccc1)c1ccccc1.P. The molecule has 1 unspecified atom stereocenters. The number of hydrogen-bond donors (Lipinski definition) is 0. The summed E-state index contributed by atoms with van der Waals surface area (Å²) in [4.78, 5) is 0. The van der Waals surface area contributed by atoms with Crippen LogP contribution < -0.4 is 0 Å². The fraction of sp³-hybridized carbons (Fsp3) is 0.0476. The largest absolute Gasteiger partial charge is 0.153 e. The minimum atomic E-state index is 0. The van der Waals surface area contributed by atoms with E-state index in [1.165, 1.54) is 27.8 Å². The van der Waals surface area contributed by atoms with Crippen LogP contribution >= 0.6 is 9.90 Å². The molecule has 0 saturated carbocycles. The van der Waals surface area contributed by atoms with E-state index < -0.39 is 0 Å². The third kappa shape index (κ3) is 3.53. The normalized spacial score (nSPS) is 9.68. The molecule has 0 spiro atoms. The van der Waals surface area contributed by atoms with Crippen molar-refractivity contribution in [3.05, 3.63) is 108 Å². The van der Waals surface area contributed by atoms with Gasteiger partial charge < -0.3 is 0 Å². The summed E-state index contributed by atoms with van der Waals surface area (Å²) in [7, 11) is 0. The average molecular weight is 304 g/mol. The van der Waals surface area contributed by atoms with Gasteiger partial charge >= 0.3 is 0 Å². The zero-order valence-electron chi connectivity index (χ0n) is 12.9. The molecule has 1 atom stereocenters. The Balaban J connectivity index is 0.00000176. The standard InChI is InChI=1S/C21H18.H3P/c1-17(18-11-5-2-6-12-18)21(19-13-7-3-8-14-19)20-15-9-4-10-16-20;/h2-16H,1H3;1H3. The van der Waals surface area contributed by atoms with Gasteiger partial charge in [-0.25, -0.2) is 0 Å². The Morgan fingerprint density at radius 2 is 0.818 bits per heavy atom. The van der Waals surface area contributed by atoms with E-state index in [2.05, 4.69) is 97.9 Å². The van der Waals surface area contributed by atoms with Crippen LogP contribution in [0, 0.1) is 0 Å². The van der Waals surface area contributed by atoms with Crippen molar-refractivity contribution in [2.24, 2.45) is 0 Å². The van der Waals surface area contributed by atoms with Crippen LogP contribution in [0.25, 0.3) is 11.1 Å². The molecule has 1 heteroatoms. The van der Waals surface area contributed by atoms with Crippen molar-refractivity contribution in [3.63, 3.8) is 0 Å². The molecule has 110 valence electrons. The molecule has 0 aliphatic heterocycles. The van der Waals surface area contributed by atoms with Crippen LogP contribution in [0.1, 0.15) is 23.6 Å². The van der Waals surface area contributed by atoms with E-state index in [1.54, 1.807) is 0 Å². The maximum absolute atomic E-state index is 2.20. The summed E-state index contributed by atoms with van der Waals surface area (Å²) < 4.78 is 0. The first kappa shape index (κ1) is 16.2. The first-order chi connectivity index (χ1) is 10.4. The zero-order chi connectivity index (χ0) is 14.5. The van der Waals surface area contributed by atoms with Gasteiger partial charge in [-0.2, -0.15) is 9.90 Å².